The Balaban J connectivity index is 0.955. The Hall–Kier alpha value is -3.12. The quantitative estimate of drug-likeness (QED) is 0.202. The molecule has 224 valence electrons. The maximum absolute atomic E-state index is 10.9. The summed E-state index contributed by atoms with van der Waals surface area (Å²) >= 11 is 0. The monoisotopic (exact) mass is 574 g/mol. The van der Waals surface area contributed by atoms with Gasteiger partial charge in [0, 0.05) is 18.5 Å². The Labute approximate surface area is 245 Å². The third-order valence-electron chi connectivity index (χ3n) is 10.5. The summed E-state index contributed by atoms with van der Waals surface area (Å²) in [6.45, 7) is 7.29. The normalized spacial score (nSPS) is 30.7. The Morgan fingerprint density at radius 3 is 2.71 bits per heavy atom. The molecule has 11 nitrogen and oxygen atoms in total. The number of nitrogen functional groups attached to an aromatic ring is 1. The van der Waals surface area contributed by atoms with Crippen molar-refractivity contribution in [2.45, 2.75) is 101 Å². The van der Waals surface area contributed by atoms with Crippen LogP contribution in [0.5, 0.6) is 0 Å². The standard InChI is InChI=1S/C31H42N8O3/c1-17(2)31(36-14-22-25(40)26(41)29(42-22)39-16-35-24-27(32)33-15-34-28(24)39)12-18(13-31)5-8-23-37-20-7-6-19(11-21(20)38-23)30(3)9-4-10-30/h6-7,11,15-18,22,25-26,29,36,40-41H,4-5,8-10,12-14H2,1-3H3,(H,37,38)(H2,32,33,34)/t18-,22-,25+,26+,29-,31-/m1/s1. The molecule has 0 radical (unpaired) electrons. The molecule has 0 unspecified atom stereocenters. The van der Waals surface area contributed by atoms with Crippen LogP contribution in [0.4, 0.5) is 5.82 Å². The summed E-state index contributed by atoms with van der Waals surface area (Å²) in [6, 6.07) is 6.75. The zero-order chi connectivity index (χ0) is 29.2. The summed E-state index contributed by atoms with van der Waals surface area (Å²) in [5.74, 6) is 2.35. The molecule has 1 saturated heterocycles. The highest BCUT2D eigenvalue weighted by Crippen LogP contribution is 2.46. The highest BCUT2D eigenvalue weighted by Gasteiger charge is 2.49. The fraction of sp³-hybridized carbons (Fsp3) is 0.613. The molecule has 2 aliphatic carbocycles. The number of anilines is 1. The van der Waals surface area contributed by atoms with Gasteiger partial charge in [0.1, 0.15) is 36.0 Å². The molecule has 0 spiro atoms. The maximum atomic E-state index is 10.9. The molecule has 3 aliphatic rings. The zero-order valence-corrected chi connectivity index (χ0v) is 24.6. The van der Waals surface area contributed by atoms with Gasteiger partial charge >= 0.3 is 0 Å². The Kier molecular flexibility index (Phi) is 6.76. The van der Waals surface area contributed by atoms with Crippen molar-refractivity contribution >= 4 is 28.0 Å². The lowest BCUT2D eigenvalue weighted by atomic mass is 9.61. The highest BCUT2D eigenvalue weighted by atomic mass is 16.6. The van der Waals surface area contributed by atoms with E-state index < -0.39 is 24.5 Å². The average molecular weight is 575 g/mol. The number of nitrogens with two attached hydrogens (primary N) is 1. The van der Waals surface area contributed by atoms with E-state index in [4.69, 9.17) is 15.5 Å². The van der Waals surface area contributed by atoms with Gasteiger partial charge in [-0.3, -0.25) is 4.57 Å². The molecule has 1 aliphatic heterocycles. The summed E-state index contributed by atoms with van der Waals surface area (Å²) in [7, 11) is 0. The Morgan fingerprint density at radius 2 is 1.98 bits per heavy atom. The molecule has 0 bridgehead atoms. The van der Waals surface area contributed by atoms with Crippen LogP contribution in [0.15, 0.2) is 30.9 Å². The second kappa shape index (κ2) is 10.3. The number of aromatic nitrogens is 6. The fourth-order valence-electron chi connectivity index (χ4n) is 7.37. The average Bonchev–Trinajstić information content (AvgIpc) is 3.62. The van der Waals surface area contributed by atoms with Crippen molar-refractivity contribution in [3.63, 3.8) is 0 Å². The molecule has 4 aromatic rings. The van der Waals surface area contributed by atoms with E-state index in [0.29, 0.717) is 35.0 Å². The molecule has 4 heterocycles. The number of imidazole rings is 2. The highest BCUT2D eigenvalue weighted by molar-refractivity contribution is 5.81. The summed E-state index contributed by atoms with van der Waals surface area (Å²) in [5.41, 5.74) is 10.7. The fourth-order valence-corrected chi connectivity index (χ4v) is 7.37. The summed E-state index contributed by atoms with van der Waals surface area (Å²) in [5, 5.41) is 25.4. The molecule has 0 amide bonds. The van der Waals surface area contributed by atoms with E-state index in [1.165, 1.54) is 37.5 Å². The molecule has 3 fully saturated rings. The van der Waals surface area contributed by atoms with E-state index >= 15 is 0 Å². The van der Waals surface area contributed by atoms with Crippen LogP contribution in [-0.4, -0.2) is 70.1 Å². The SMILES string of the molecule is CC(C)[C@]1(NC[C@H]2O[C@@H](n3cnc4c(N)ncnc43)[C@@H](O)[C@H]2O)C[C@H](CCc2nc3cc(C4(C)CCC4)ccc3[nH]2)C1. The zero-order valence-electron chi connectivity index (χ0n) is 24.6. The van der Waals surface area contributed by atoms with Crippen LogP contribution in [0.3, 0.4) is 0 Å². The lowest BCUT2D eigenvalue weighted by molar-refractivity contribution is -0.0422. The number of ether oxygens (including phenoxy) is 1. The predicted molar refractivity (Wildman–Crippen MR) is 160 cm³/mol. The third-order valence-corrected chi connectivity index (χ3v) is 10.5. The topological polar surface area (TPSA) is 160 Å². The minimum atomic E-state index is -1.12. The van der Waals surface area contributed by atoms with Gasteiger partial charge in [0.2, 0.25) is 0 Å². The van der Waals surface area contributed by atoms with Gasteiger partial charge in [-0.05, 0) is 67.1 Å². The molecular formula is C31H42N8O3. The molecular weight excluding hydrogens is 532 g/mol. The first-order chi connectivity index (χ1) is 20.2. The predicted octanol–water partition coefficient (Wildman–Crippen LogP) is 3.37. The van der Waals surface area contributed by atoms with Gasteiger partial charge in [-0.15, -0.1) is 0 Å². The van der Waals surface area contributed by atoms with Gasteiger partial charge in [0.05, 0.1) is 17.4 Å². The number of H-pyrrole nitrogens is 1. The Morgan fingerprint density at radius 1 is 1.17 bits per heavy atom. The molecule has 6 N–H and O–H groups in total. The lowest BCUT2D eigenvalue weighted by Crippen LogP contribution is -2.61. The second-order valence-corrected chi connectivity index (χ2v) is 13.5. The van der Waals surface area contributed by atoms with Gasteiger partial charge in [-0.25, -0.2) is 19.9 Å². The molecule has 3 aromatic heterocycles. The molecule has 7 rings (SSSR count). The van der Waals surface area contributed by atoms with E-state index in [1.54, 1.807) is 4.57 Å². The van der Waals surface area contributed by atoms with Crippen molar-refractivity contribution in [3.05, 3.63) is 42.2 Å². The third kappa shape index (κ3) is 4.57. The number of nitrogens with zero attached hydrogens (tertiary/aromatic N) is 5. The molecule has 1 aromatic carbocycles. The number of aliphatic hydroxyl groups excluding tert-OH is 2. The largest absolute Gasteiger partial charge is 0.387 e. The number of rotatable bonds is 9. The number of hydrogen-bond acceptors (Lipinski definition) is 9. The van der Waals surface area contributed by atoms with Crippen LogP contribution in [0.2, 0.25) is 0 Å². The second-order valence-electron chi connectivity index (χ2n) is 13.5. The maximum Gasteiger partial charge on any atom is 0.167 e. The summed E-state index contributed by atoms with van der Waals surface area (Å²) in [4.78, 5) is 21.0. The van der Waals surface area contributed by atoms with Gasteiger partial charge < -0.3 is 31.0 Å². The van der Waals surface area contributed by atoms with E-state index in [1.807, 2.05) is 0 Å². The van der Waals surface area contributed by atoms with Crippen LogP contribution in [0.1, 0.15) is 76.9 Å². The number of benzene rings is 1. The molecule has 4 atom stereocenters. The van der Waals surface area contributed by atoms with Crippen LogP contribution in [-0.2, 0) is 16.6 Å². The smallest absolute Gasteiger partial charge is 0.167 e. The first-order valence-corrected chi connectivity index (χ1v) is 15.3. The minimum absolute atomic E-state index is 0.0266. The van der Waals surface area contributed by atoms with Gasteiger partial charge in [0.25, 0.3) is 0 Å². The van der Waals surface area contributed by atoms with Gasteiger partial charge in [-0.2, -0.15) is 0 Å². The van der Waals surface area contributed by atoms with Crippen LogP contribution in [0, 0.1) is 11.8 Å². The summed E-state index contributed by atoms with van der Waals surface area (Å²) in [6.07, 6.45) is 7.32. The number of fused-ring (bicyclic) bond motifs is 2. The van der Waals surface area contributed by atoms with E-state index in [9.17, 15) is 10.2 Å². The van der Waals surface area contributed by atoms with E-state index in [-0.39, 0.29) is 11.4 Å². The van der Waals surface area contributed by atoms with Crippen molar-refractivity contribution in [2.24, 2.45) is 11.8 Å². The number of aromatic amines is 1. The summed E-state index contributed by atoms with van der Waals surface area (Å²) < 4.78 is 7.79. The van der Waals surface area contributed by atoms with Crippen molar-refractivity contribution in [1.29, 1.82) is 0 Å². The van der Waals surface area contributed by atoms with Gasteiger partial charge in [0.15, 0.2) is 17.7 Å². The van der Waals surface area contributed by atoms with E-state index in [0.717, 1.165) is 42.5 Å². The van der Waals surface area contributed by atoms with Crippen LogP contribution in [0.25, 0.3) is 22.2 Å². The van der Waals surface area contributed by atoms with Crippen molar-refractivity contribution in [1.82, 2.24) is 34.8 Å². The number of aryl methyl sites for hydroxylation is 1. The van der Waals surface area contributed by atoms with Crippen molar-refractivity contribution < 1.29 is 14.9 Å². The first kappa shape index (κ1) is 27.7. The number of aliphatic hydroxyl groups is 2. The van der Waals surface area contributed by atoms with Gasteiger partial charge in [-0.1, -0.05) is 33.3 Å². The number of hydrogen-bond donors (Lipinski definition) is 5. The molecule has 11 heteroatoms. The van der Waals surface area contributed by atoms with E-state index in [2.05, 4.69) is 64.2 Å². The lowest BCUT2D eigenvalue weighted by Gasteiger charge is -2.52. The first-order valence-electron chi connectivity index (χ1n) is 15.3. The molecule has 2 saturated carbocycles. The van der Waals surface area contributed by atoms with Crippen molar-refractivity contribution in [2.75, 3.05) is 12.3 Å². The number of nitrogens with one attached hydrogen (secondary N) is 2. The molecule has 42 heavy (non-hydrogen) atoms. The minimum Gasteiger partial charge on any atom is -0.387 e. The van der Waals surface area contributed by atoms with Crippen LogP contribution >= 0.6 is 0 Å². The Bertz CT molecular complexity index is 1590. The van der Waals surface area contributed by atoms with Crippen molar-refractivity contribution in [3.8, 4) is 0 Å². The van der Waals surface area contributed by atoms with Crippen LogP contribution < -0.4 is 11.1 Å².